The molecule has 4 aromatic heterocycles. The summed E-state index contributed by atoms with van der Waals surface area (Å²) in [5.41, 5.74) is 35.8. The molecule has 0 aliphatic carbocycles. The summed E-state index contributed by atoms with van der Waals surface area (Å²) in [7, 11) is -0.428. The zero-order chi connectivity index (χ0) is 95.5. The highest BCUT2D eigenvalue weighted by Crippen LogP contribution is 2.41. The number of rotatable bonds is 16. The highest BCUT2D eigenvalue weighted by molar-refractivity contribution is 7.12. The van der Waals surface area contributed by atoms with Gasteiger partial charge in [-0.2, -0.15) is 0 Å². The molecule has 1 fully saturated rings. The second-order valence-electron chi connectivity index (χ2n) is 39.2. The number of aryl methyl sites for hydroxylation is 2. The first-order chi connectivity index (χ1) is 69.2. The van der Waals surface area contributed by atoms with Crippen molar-refractivity contribution < 1.29 is 27.2 Å². The number of pyridine rings is 4. The van der Waals surface area contributed by atoms with Gasteiger partial charge in [-0.05, 0) is 135 Å². The first-order valence-corrected chi connectivity index (χ1v) is 49.6. The molecule has 1 saturated heterocycles. The van der Waals surface area contributed by atoms with Gasteiger partial charge in [0.25, 0.3) is 0 Å². The first kappa shape index (κ1) is 89.8. The summed E-state index contributed by atoms with van der Waals surface area (Å²) >= 11 is 0. The predicted molar refractivity (Wildman–Crippen MR) is 596 cm³/mol. The van der Waals surface area contributed by atoms with E-state index in [1.807, 2.05) is 0 Å². The molecular weight excluding hydrogens is 1700 g/mol. The molecule has 0 radical (unpaired) electrons. The van der Waals surface area contributed by atoms with Crippen LogP contribution in [0.2, 0.25) is 0 Å². The SMILES string of the molecule is C1=C(c2ccc(-c3ccccc3)cc2)[B-](c2ccc(-c3ccccc3)cc2)(c2ccc(-c3ccccc3)cc2)[n+]2ccccc21.C1=C(c2ccccc2)[B-](c2ccccc2)(c2ccccc2)[n+]2cc3ccccc3cc21.Cc1cc(B2OC(C)(C)C(C)(C)O2)c[n+]2c1C=C(c1ccccc1)[B-]2(c1ccccc1)c1ccccc1.Cc1ccc[n+]2c1C=C(c1ccccc1)[B-]2(c1ccccc1)c1ccccc1. The van der Waals surface area contributed by atoms with Gasteiger partial charge in [0.2, 0.25) is 0 Å². The van der Waals surface area contributed by atoms with Gasteiger partial charge in [-0.25, -0.2) is 0 Å². The second kappa shape index (κ2) is 38.2. The van der Waals surface area contributed by atoms with E-state index in [1.54, 1.807) is 0 Å². The molecule has 0 unspecified atom stereocenters. The molecule has 11 heteroatoms. The van der Waals surface area contributed by atoms with Gasteiger partial charge in [-0.3, -0.25) is 0 Å². The van der Waals surface area contributed by atoms with Gasteiger partial charge < -0.3 is 27.2 Å². The van der Waals surface area contributed by atoms with Crippen molar-refractivity contribution in [1.82, 2.24) is 0 Å². The van der Waals surface area contributed by atoms with Crippen LogP contribution in [-0.4, -0.2) is 43.4 Å². The lowest BCUT2D eigenvalue weighted by Crippen LogP contribution is -2.79. The fourth-order valence-corrected chi connectivity index (χ4v) is 23.6. The van der Waals surface area contributed by atoms with Gasteiger partial charge in [-0.1, -0.05) is 483 Å². The first-order valence-electron chi connectivity index (χ1n) is 49.6. The highest BCUT2D eigenvalue weighted by Gasteiger charge is 2.56. The molecule has 0 N–H and O–H groups in total. The van der Waals surface area contributed by atoms with E-state index < -0.39 is 43.4 Å². The third kappa shape index (κ3) is 16.1. The maximum Gasteiger partial charge on any atom is 0.500 e. The normalized spacial score (nSPS) is 15.2. The third-order valence-electron chi connectivity index (χ3n) is 31.0. The lowest BCUT2D eigenvalue weighted by molar-refractivity contribution is -0.539. The van der Waals surface area contributed by atoms with Gasteiger partial charge in [0.05, 0.1) is 11.2 Å². The Labute approximate surface area is 830 Å². The summed E-state index contributed by atoms with van der Waals surface area (Å²) in [5, 5.41) is 2.53. The maximum atomic E-state index is 6.51. The molecule has 5 aliphatic heterocycles. The van der Waals surface area contributed by atoms with E-state index in [1.165, 1.54) is 166 Å². The van der Waals surface area contributed by atoms with Crippen molar-refractivity contribution in [2.45, 2.75) is 52.7 Å². The molecule has 0 bridgehead atoms. The Bertz CT molecular complexity index is 7820. The quantitative estimate of drug-likeness (QED) is 0.0904. The fourth-order valence-electron chi connectivity index (χ4n) is 23.6. The second-order valence-corrected chi connectivity index (χ2v) is 39.2. The largest absolute Gasteiger partial charge is 0.500 e. The zero-order valence-corrected chi connectivity index (χ0v) is 80.5. The van der Waals surface area contributed by atoms with Crippen LogP contribution >= 0.6 is 0 Å². The van der Waals surface area contributed by atoms with Crippen LogP contribution in [0.15, 0.2) is 528 Å². The van der Waals surface area contributed by atoms with Crippen LogP contribution in [0.3, 0.4) is 0 Å². The summed E-state index contributed by atoms with van der Waals surface area (Å²) in [6, 6.07) is 182. The molecule has 0 saturated carbocycles. The average molecular weight is 1810 g/mol. The van der Waals surface area contributed by atoms with Crippen molar-refractivity contribution in [3.8, 4) is 33.4 Å². The van der Waals surface area contributed by atoms with E-state index >= 15 is 0 Å². The Balaban J connectivity index is 0.000000110. The standard InChI is InChI=1S/C43H32BN.C32H33B2NO2.C29H22BN.C26H22BN/c1-4-12-33(13-5-1)36-19-21-39(22-20-36)43-32-42-18-10-11-31-45(42)44(43,40-27-23-37(24-28-40)34-14-6-2-7-15-34)41-29-25-38(26-30-41)35-16-8-3-9-17-35;1-24-21-26(33-36-31(2,3)32(4,5)37-33)23-35-30(24)22-29(25-15-9-6-10-16-25)34(35,27-17-11-7-12-18-27)28-19-13-8-14-20-28;1-4-12-23(13-5-1)29-21-28-20-24-14-10-11-15-25(24)22-31(28)30(29,26-16-6-2-7-17-26)27-18-8-3-9-19-27;1-21-12-11-19-28-26(21)20-25(22-13-5-2-6-14-22)27(28,23-15-7-3-8-16-23)24-17-9-4-10-18-24/h1-32H;6-23H,1-5H3;1-22H;2-20H,1H3. The number of hydrogen-bond donors (Lipinski definition) is 0. The van der Waals surface area contributed by atoms with Crippen LogP contribution in [0, 0.1) is 13.8 Å². The van der Waals surface area contributed by atoms with Crippen LogP contribution in [-0.2, 0) is 9.31 Å². The predicted octanol–water partition coefficient (Wildman–Crippen LogP) is 21.8. The summed E-state index contributed by atoms with van der Waals surface area (Å²) in [5.74, 6) is 0. The van der Waals surface area contributed by atoms with Crippen LogP contribution in [0.25, 0.3) is 90.3 Å². The van der Waals surface area contributed by atoms with E-state index in [-0.39, 0.29) is 0 Å². The van der Waals surface area contributed by atoms with E-state index in [9.17, 15) is 0 Å². The number of benzene rings is 16. The molecule has 676 valence electrons. The van der Waals surface area contributed by atoms with E-state index in [4.69, 9.17) is 9.31 Å². The van der Waals surface area contributed by atoms with Crippen molar-refractivity contribution in [2.24, 2.45) is 0 Å². The van der Waals surface area contributed by atoms with Crippen LogP contribution in [0.5, 0.6) is 0 Å². The molecule has 25 rings (SSSR count). The lowest BCUT2D eigenvalue weighted by Gasteiger charge is -2.36. The number of aromatic nitrogens is 4. The summed E-state index contributed by atoms with van der Waals surface area (Å²) in [6.07, 6.45) is 12.9. The zero-order valence-electron chi connectivity index (χ0n) is 80.5. The molecule has 20 aromatic rings. The van der Waals surface area contributed by atoms with E-state index in [0.29, 0.717) is 0 Å². The third-order valence-corrected chi connectivity index (χ3v) is 31.0. The van der Waals surface area contributed by atoms with Gasteiger partial charge in [0.1, 0.15) is 30.5 Å². The number of nitrogens with zero attached hydrogens (tertiary/aromatic N) is 4. The van der Waals surface area contributed by atoms with E-state index in [2.05, 4.69) is 612 Å². The van der Waals surface area contributed by atoms with Crippen molar-refractivity contribution in [3.63, 3.8) is 0 Å². The Morgan fingerprint density at radius 3 is 0.865 bits per heavy atom. The minimum Gasteiger partial charge on any atom is -0.409 e. The number of hydrogen-bond acceptors (Lipinski definition) is 2. The minimum atomic E-state index is -1.54. The Morgan fingerprint density at radius 2 is 0.475 bits per heavy atom. The Kier molecular flexibility index (Phi) is 24.3. The van der Waals surface area contributed by atoms with Crippen LogP contribution in [0.4, 0.5) is 0 Å². The van der Waals surface area contributed by atoms with Gasteiger partial charge >= 0.3 is 32.2 Å². The van der Waals surface area contributed by atoms with Crippen molar-refractivity contribution in [1.29, 1.82) is 0 Å². The molecule has 0 atom stereocenters. The molecule has 16 aromatic carbocycles. The molecule has 6 nitrogen and oxygen atoms in total. The summed E-state index contributed by atoms with van der Waals surface area (Å²) in [4.78, 5) is 0. The summed E-state index contributed by atoms with van der Waals surface area (Å²) in [6.45, 7) is 12.8. The van der Waals surface area contributed by atoms with Crippen LogP contribution < -0.4 is 67.1 Å². The minimum absolute atomic E-state index is 0.399. The van der Waals surface area contributed by atoms with Gasteiger partial charge in [-0.15, -0.1) is 65.6 Å². The lowest BCUT2D eigenvalue weighted by atomic mass is 9.23. The topological polar surface area (TPSA) is 34.0 Å². The Morgan fingerprint density at radius 1 is 0.206 bits per heavy atom. The monoisotopic (exact) mass is 1810 g/mol. The smallest absolute Gasteiger partial charge is 0.409 e. The fraction of sp³-hybridized carbons (Fsp3) is 0.0615. The van der Waals surface area contributed by atoms with E-state index in [0.717, 1.165) is 5.46 Å². The highest BCUT2D eigenvalue weighted by atomic mass is 16.7. The molecule has 0 amide bonds. The van der Waals surface area contributed by atoms with Crippen molar-refractivity contribution in [3.05, 3.63) is 584 Å². The molecular formula is C130H109B5N4O2. The van der Waals surface area contributed by atoms with Gasteiger partial charge in [0, 0.05) is 34.1 Å². The average Bonchev–Trinajstić information content (AvgIpc) is 1.58. The number of fused-ring (bicyclic) bond motifs is 5. The van der Waals surface area contributed by atoms with Crippen molar-refractivity contribution in [2.75, 3.05) is 0 Å². The molecule has 0 spiro atoms. The van der Waals surface area contributed by atoms with Crippen LogP contribution in [0.1, 0.15) is 83.9 Å². The maximum absolute atomic E-state index is 6.51. The summed E-state index contributed by atoms with van der Waals surface area (Å²) < 4.78 is 23.1. The van der Waals surface area contributed by atoms with Crippen molar-refractivity contribution >= 4 is 138 Å². The molecule has 9 heterocycles. The van der Waals surface area contributed by atoms with Gasteiger partial charge in [0.15, 0.2) is 17.1 Å². The molecule has 5 aliphatic rings. The molecule has 141 heavy (non-hydrogen) atoms. The Hall–Kier alpha value is -16.4.